The summed E-state index contributed by atoms with van der Waals surface area (Å²) in [6, 6.07) is 4.85. The van der Waals surface area contributed by atoms with Gasteiger partial charge in [-0.2, -0.15) is 0 Å². The van der Waals surface area contributed by atoms with Crippen LogP contribution < -0.4 is 0 Å². The lowest BCUT2D eigenvalue weighted by Gasteiger charge is -2.15. The molecule has 15 heavy (non-hydrogen) atoms. The molecule has 1 saturated heterocycles. The van der Waals surface area contributed by atoms with Crippen molar-refractivity contribution < 1.29 is 8.78 Å². The van der Waals surface area contributed by atoms with E-state index < -0.39 is 6.17 Å². The van der Waals surface area contributed by atoms with Crippen LogP contribution in [0.25, 0.3) is 0 Å². The summed E-state index contributed by atoms with van der Waals surface area (Å²) in [4.78, 5) is 1.94. The van der Waals surface area contributed by atoms with Gasteiger partial charge >= 0.3 is 0 Å². The Morgan fingerprint density at radius 3 is 2.93 bits per heavy atom. The van der Waals surface area contributed by atoms with Crippen molar-refractivity contribution in [3.05, 3.63) is 34.1 Å². The number of alkyl halides is 1. The molecule has 0 radical (unpaired) electrons. The van der Waals surface area contributed by atoms with Crippen LogP contribution in [0.1, 0.15) is 12.0 Å². The Labute approximate surface area is 96.2 Å². The van der Waals surface area contributed by atoms with Crippen LogP contribution in [-0.4, -0.2) is 24.2 Å². The van der Waals surface area contributed by atoms with Crippen LogP contribution in [0.3, 0.4) is 0 Å². The summed E-state index contributed by atoms with van der Waals surface area (Å²) in [5.41, 5.74) is 0.624. The highest BCUT2D eigenvalue weighted by molar-refractivity contribution is 9.10. The first-order valence-electron chi connectivity index (χ1n) is 4.95. The van der Waals surface area contributed by atoms with Crippen LogP contribution in [0.15, 0.2) is 22.7 Å². The fourth-order valence-electron chi connectivity index (χ4n) is 1.83. The van der Waals surface area contributed by atoms with Crippen molar-refractivity contribution in [2.24, 2.45) is 0 Å². The van der Waals surface area contributed by atoms with Gasteiger partial charge in [-0.1, -0.05) is 15.9 Å². The lowest BCUT2D eigenvalue weighted by atomic mass is 10.2. The molecule has 1 aromatic carbocycles. The molecule has 1 nitrogen and oxygen atoms in total. The van der Waals surface area contributed by atoms with Crippen LogP contribution in [-0.2, 0) is 6.54 Å². The van der Waals surface area contributed by atoms with Crippen LogP contribution >= 0.6 is 15.9 Å². The minimum atomic E-state index is -0.750. The van der Waals surface area contributed by atoms with E-state index in [-0.39, 0.29) is 5.82 Å². The van der Waals surface area contributed by atoms with E-state index in [2.05, 4.69) is 15.9 Å². The molecular weight excluding hydrogens is 264 g/mol. The van der Waals surface area contributed by atoms with Crippen molar-refractivity contribution in [3.63, 3.8) is 0 Å². The fraction of sp³-hybridized carbons (Fsp3) is 0.455. The molecule has 0 spiro atoms. The highest BCUT2D eigenvalue weighted by atomic mass is 79.9. The lowest BCUT2D eigenvalue weighted by molar-refractivity contribution is 0.279. The first-order valence-corrected chi connectivity index (χ1v) is 5.75. The molecule has 0 bridgehead atoms. The van der Waals surface area contributed by atoms with Gasteiger partial charge in [0, 0.05) is 29.7 Å². The third-order valence-corrected chi connectivity index (χ3v) is 3.11. The summed E-state index contributed by atoms with van der Waals surface area (Å²) < 4.78 is 27.1. The zero-order chi connectivity index (χ0) is 10.8. The van der Waals surface area contributed by atoms with Gasteiger partial charge in [0.25, 0.3) is 0 Å². The van der Waals surface area contributed by atoms with Gasteiger partial charge in [0.15, 0.2) is 0 Å². The Balaban J connectivity index is 2.07. The largest absolute Gasteiger partial charge is 0.296 e. The second-order valence-electron chi connectivity index (χ2n) is 3.86. The Bertz CT molecular complexity index is 356. The molecule has 0 saturated carbocycles. The number of nitrogens with zero attached hydrogens (tertiary/aromatic N) is 1. The first kappa shape index (κ1) is 11.0. The van der Waals surface area contributed by atoms with Crippen LogP contribution in [0.5, 0.6) is 0 Å². The average Bonchev–Trinajstić information content (AvgIpc) is 2.58. The van der Waals surface area contributed by atoms with Gasteiger partial charge in [-0.3, -0.25) is 4.90 Å². The van der Waals surface area contributed by atoms with Gasteiger partial charge < -0.3 is 0 Å². The molecule has 2 rings (SSSR count). The second kappa shape index (κ2) is 4.58. The molecule has 1 heterocycles. The standard InChI is InChI=1S/C11H12BrF2N/c12-9-1-2-11(14)8(5-9)6-15-4-3-10(13)7-15/h1-2,5,10H,3-4,6-7H2. The maximum atomic E-state index is 13.4. The van der Waals surface area contributed by atoms with Crippen molar-refractivity contribution in [1.82, 2.24) is 4.90 Å². The molecule has 4 heteroatoms. The number of likely N-dealkylation sites (tertiary alicyclic amines) is 1. The SMILES string of the molecule is Fc1ccc(Br)cc1CN1CCC(F)C1. The third kappa shape index (κ3) is 2.75. The molecule has 0 amide bonds. The van der Waals surface area contributed by atoms with E-state index in [0.717, 1.165) is 4.47 Å². The third-order valence-electron chi connectivity index (χ3n) is 2.62. The molecule has 0 aliphatic carbocycles. The van der Waals surface area contributed by atoms with Crippen molar-refractivity contribution in [1.29, 1.82) is 0 Å². The van der Waals surface area contributed by atoms with E-state index in [0.29, 0.717) is 31.6 Å². The van der Waals surface area contributed by atoms with Gasteiger partial charge in [-0.15, -0.1) is 0 Å². The van der Waals surface area contributed by atoms with E-state index in [1.54, 1.807) is 12.1 Å². The van der Waals surface area contributed by atoms with Crippen molar-refractivity contribution in [2.45, 2.75) is 19.1 Å². The highest BCUT2D eigenvalue weighted by Gasteiger charge is 2.22. The van der Waals surface area contributed by atoms with Crippen LogP contribution in [0.4, 0.5) is 8.78 Å². The summed E-state index contributed by atoms with van der Waals surface area (Å²) >= 11 is 3.30. The van der Waals surface area contributed by atoms with Gasteiger partial charge in [0.05, 0.1) is 0 Å². The monoisotopic (exact) mass is 275 g/mol. The Kier molecular flexibility index (Phi) is 3.36. The molecule has 1 aliphatic heterocycles. The predicted octanol–water partition coefficient (Wildman–Crippen LogP) is 3.13. The number of benzene rings is 1. The molecule has 0 aromatic heterocycles. The highest BCUT2D eigenvalue weighted by Crippen LogP contribution is 2.20. The zero-order valence-electron chi connectivity index (χ0n) is 8.22. The van der Waals surface area contributed by atoms with Gasteiger partial charge in [0.1, 0.15) is 12.0 Å². The molecule has 0 N–H and O–H groups in total. The molecular formula is C11H12BrF2N. The minimum absolute atomic E-state index is 0.222. The Morgan fingerprint density at radius 2 is 2.27 bits per heavy atom. The number of halogens is 3. The minimum Gasteiger partial charge on any atom is -0.296 e. The average molecular weight is 276 g/mol. The maximum Gasteiger partial charge on any atom is 0.127 e. The Hall–Kier alpha value is -0.480. The molecule has 1 unspecified atom stereocenters. The predicted molar refractivity (Wildman–Crippen MR) is 58.9 cm³/mol. The van der Waals surface area contributed by atoms with Crippen molar-refractivity contribution in [2.75, 3.05) is 13.1 Å². The summed E-state index contributed by atoms with van der Waals surface area (Å²) in [6.45, 7) is 1.63. The van der Waals surface area contributed by atoms with Crippen LogP contribution in [0, 0.1) is 5.82 Å². The molecule has 1 fully saturated rings. The summed E-state index contributed by atoms with van der Waals surface area (Å²) in [5.74, 6) is -0.222. The number of hydrogen-bond acceptors (Lipinski definition) is 1. The number of rotatable bonds is 2. The van der Waals surface area contributed by atoms with E-state index in [4.69, 9.17) is 0 Å². The first-order chi connectivity index (χ1) is 7.15. The van der Waals surface area contributed by atoms with Crippen molar-refractivity contribution in [3.8, 4) is 0 Å². The normalized spacial score (nSPS) is 22.2. The topological polar surface area (TPSA) is 3.24 Å². The quantitative estimate of drug-likeness (QED) is 0.802. The van der Waals surface area contributed by atoms with E-state index in [1.165, 1.54) is 6.07 Å². The molecule has 1 aromatic rings. The van der Waals surface area contributed by atoms with Gasteiger partial charge in [-0.05, 0) is 24.6 Å². The van der Waals surface area contributed by atoms with Crippen molar-refractivity contribution >= 4 is 15.9 Å². The molecule has 1 aliphatic rings. The van der Waals surface area contributed by atoms with E-state index in [9.17, 15) is 8.78 Å². The zero-order valence-corrected chi connectivity index (χ0v) is 9.80. The maximum absolute atomic E-state index is 13.4. The van der Waals surface area contributed by atoms with E-state index >= 15 is 0 Å². The lowest BCUT2D eigenvalue weighted by Crippen LogP contribution is -2.21. The van der Waals surface area contributed by atoms with Gasteiger partial charge in [-0.25, -0.2) is 8.78 Å². The summed E-state index contributed by atoms with van der Waals surface area (Å²) in [5, 5.41) is 0. The Morgan fingerprint density at radius 1 is 1.47 bits per heavy atom. The van der Waals surface area contributed by atoms with Gasteiger partial charge in [0.2, 0.25) is 0 Å². The summed E-state index contributed by atoms with van der Waals surface area (Å²) in [7, 11) is 0. The van der Waals surface area contributed by atoms with E-state index in [1.807, 2.05) is 4.90 Å². The molecule has 82 valence electrons. The smallest absolute Gasteiger partial charge is 0.127 e. The summed E-state index contributed by atoms with van der Waals surface area (Å²) in [6.07, 6.45) is -0.185. The second-order valence-corrected chi connectivity index (χ2v) is 4.77. The molecule has 1 atom stereocenters. The van der Waals surface area contributed by atoms with Crippen LogP contribution in [0.2, 0.25) is 0 Å². The number of hydrogen-bond donors (Lipinski definition) is 0. The fourth-order valence-corrected chi connectivity index (χ4v) is 2.24.